The second kappa shape index (κ2) is 8.84. The Morgan fingerprint density at radius 1 is 1.31 bits per heavy atom. The molecular weight excluding hydrogens is 348 g/mol. The lowest BCUT2D eigenvalue weighted by Gasteiger charge is -2.21. The third-order valence-electron chi connectivity index (χ3n) is 3.88. The number of nitrogens with zero attached hydrogens (tertiary/aromatic N) is 5. The molecule has 1 aromatic heterocycles. The predicted octanol–water partition coefficient (Wildman–Crippen LogP) is 4.31. The molecule has 8 heteroatoms. The molecule has 1 heterocycles. The first-order chi connectivity index (χ1) is 12.3. The molecule has 0 fully saturated rings. The quantitative estimate of drug-likeness (QED) is 0.579. The molecule has 0 radical (unpaired) electrons. The average molecular weight is 376 g/mol. The van der Waals surface area contributed by atoms with Crippen LogP contribution in [-0.4, -0.2) is 24.1 Å². The van der Waals surface area contributed by atoms with Crippen molar-refractivity contribution in [1.82, 2.24) is 5.10 Å². The fourth-order valence-corrected chi connectivity index (χ4v) is 3.31. The zero-order valence-corrected chi connectivity index (χ0v) is 17.1. The zero-order chi connectivity index (χ0) is 19.3. The van der Waals surface area contributed by atoms with Crippen LogP contribution in [0.3, 0.4) is 0 Å². The van der Waals surface area contributed by atoms with Crippen molar-refractivity contribution in [3.63, 3.8) is 0 Å². The third-order valence-corrected chi connectivity index (χ3v) is 5.17. The van der Waals surface area contributed by atoms with Gasteiger partial charge in [0.25, 0.3) is 0 Å². The molecule has 0 saturated heterocycles. The van der Waals surface area contributed by atoms with Crippen molar-refractivity contribution < 1.29 is 9.48 Å². The smallest absolute Gasteiger partial charge is 0.372 e. The first kappa shape index (κ1) is 20.0. The van der Waals surface area contributed by atoms with Crippen molar-refractivity contribution >= 4 is 39.4 Å². The van der Waals surface area contributed by atoms with E-state index in [0.717, 1.165) is 28.9 Å². The minimum Gasteiger partial charge on any atom is -0.372 e. The van der Waals surface area contributed by atoms with Crippen LogP contribution in [0.2, 0.25) is 0 Å². The Bertz CT molecular complexity index is 795. The number of anilines is 2. The Morgan fingerprint density at radius 2 is 2.00 bits per heavy atom. The van der Waals surface area contributed by atoms with Crippen molar-refractivity contribution in [2.45, 2.75) is 40.5 Å². The van der Waals surface area contributed by atoms with Gasteiger partial charge in [-0.05, 0) is 48.5 Å². The minimum atomic E-state index is -0.136. The number of amides is 1. The van der Waals surface area contributed by atoms with Crippen molar-refractivity contribution in [2.24, 2.45) is 17.3 Å². The topological polar surface area (TPSA) is 73.8 Å². The number of aromatic nitrogens is 2. The van der Waals surface area contributed by atoms with Crippen LogP contribution in [0.5, 0.6) is 0 Å². The van der Waals surface area contributed by atoms with Crippen LogP contribution >= 0.6 is 11.3 Å². The monoisotopic (exact) mass is 375 g/mol. The highest BCUT2D eigenvalue weighted by molar-refractivity contribution is 7.14. The summed E-state index contributed by atoms with van der Waals surface area (Å²) >= 11 is 1.52. The molecule has 0 saturated carbocycles. The van der Waals surface area contributed by atoms with Crippen LogP contribution in [0.1, 0.15) is 45.5 Å². The molecule has 2 aromatic rings. The van der Waals surface area contributed by atoms with Crippen LogP contribution < -0.4 is 14.9 Å². The zero-order valence-electron chi connectivity index (χ0n) is 16.3. The van der Waals surface area contributed by atoms with E-state index in [1.54, 1.807) is 4.68 Å². The van der Waals surface area contributed by atoms with Gasteiger partial charge in [0, 0.05) is 31.6 Å². The van der Waals surface area contributed by atoms with Crippen LogP contribution in [0.15, 0.2) is 28.4 Å². The first-order valence-electron chi connectivity index (χ1n) is 8.81. The van der Waals surface area contributed by atoms with Gasteiger partial charge in [0.1, 0.15) is 17.7 Å². The molecule has 1 N–H and O–H groups in total. The second-order valence-corrected chi connectivity index (χ2v) is 7.24. The number of benzene rings is 1. The lowest BCUT2D eigenvalue weighted by molar-refractivity contribution is -0.714. The maximum atomic E-state index is 11.6. The van der Waals surface area contributed by atoms with Gasteiger partial charge in [-0.25, -0.2) is 0 Å². The maximum absolute atomic E-state index is 11.6. The van der Waals surface area contributed by atoms with Crippen molar-refractivity contribution in [1.29, 1.82) is 0 Å². The van der Waals surface area contributed by atoms with Crippen LogP contribution in [0, 0.1) is 0 Å². The minimum absolute atomic E-state index is 0.136. The van der Waals surface area contributed by atoms with E-state index >= 15 is 0 Å². The maximum Gasteiger partial charge on any atom is 0.430 e. The molecule has 1 amide bonds. The molecule has 0 unspecified atom stereocenters. The van der Waals surface area contributed by atoms with E-state index in [1.165, 1.54) is 18.3 Å². The van der Waals surface area contributed by atoms with Crippen LogP contribution in [0.25, 0.3) is 0 Å². The molecule has 0 spiro atoms. The Balaban J connectivity index is 2.36. The summed E-state index contributed by atoms with van der Waals surface area (Å²) in [7, 11) is 1.86. The van der Waals surface area contributed by atoms with E-state index in [2.05, 4.69) is 53.2 Å². The van der Waals surface area contributed by atoms with Gasteiger partial charge < -0.3 is 10.2 Å². The van der Waals surface area contributed by atoms with Gasteiger partial charge in [-0.3, -0.25) is 4.79 Å². The highest BCUT2D eigenvalue weighted by Crippen LogP contribution is 2.32. The second-order valence-electron chi connectivity index (χ2n) is 6.26. The summed E-state index contributed by atoms with van der Waals surface area (Å²) in [6.45, 7) is 11.7. The van der Waals surface area contributed by atoms with Gasteiger partial charge in [-0.1, -0.05) is 18.9 Å². The summed E-state index contributed by atoms with van der Waals surface area (Å²) in [6, 6.07) is 5.82. The molecule has 1 aromatic carbocycles. The molecule has 0 aliphatic carbocycles. The van der Waals surface area contributed by atoms with E-state index < -0.39 is 0 Å². The normalized spacial score (nSPS) is 11.3. The molecule has 140 valence electrons. The Hall–Kier alpha value is -2.35. The van der Waals surface area contributed by atoms with Crippen molar-refractivity contribution in [3.05, 3.63) is 23.2 Å². The van der Waals surface area contributed by atoms with Gasteiger partial charge in [0.15, 0.2) is 0 Å². The van der Waals surface area contributed by atoms with Gasteiger partial charge >= 0.3 is 5.13 Å². The van der Waals surface area contributed by atoms with Gasteiger partial charge in [0.05, 0.1) is 10.8 Å². The van der Waals surface area contributed by atoms with E-state index in [-0.39, 0.29) is 5.91 Å². The standard InChI is InChI=1S/C18H26N6OS/c1-7-24(8-2)14-9-10-15(16(11-14)19-13(5)25)20-21-18-23(6)22-17(26-18)12(3)4/h9-12H,7-8H2,1-6H3/p+1. The highest BCUT2D eigenvalue weighted by Gasteiger charge is 2.18. The summed E-state index contributed by atoms with van der Waals surface area (Å²) < 4.78 is 1.73. The average Bonchev–Trinajstić information content (AvgIpc) is 2.96. The van der Waals surface area contributed by atoms with Crippen LogP contribution in [0.4, 0.5) is 22.2 Å². The molecule has 26 heavy (non-hydrogen) atoms. The largest absolute Gasteiger partial charge is 0.430 e. The Kier molecular flexibility index (Phi) is 6.79. The lowest BCUT2D eigenvalue weighted by Crippen LogP contribution is -2.29. The number of hydrogen-bond donors (Lipinski definition) is 1. The summed E-state index contributed by atoms with van der Waals surface area (Å²) in [5.74, 6) is 0.210. The fraction of sp³-hybridized carbons (Fsp3) is 0.500. The lowest BCUT2D eigenvalue weighted by atomic mass is 10.2. The molecule has 0 aliphatic heterocycles. The summed E-state index contributed by atoms with van der Waals surface area (Å²) in [5, 5.41) is 17.7. The molecule has 2 rings (SSSR count). The van der Waals surface area contributed by atoms with Crippen LogP contribution in [-0.2, 0) is 11.8 Å². The molecular formula is C18H27N6OS+. The van der Waals surface area contributed by atoms with Crippen molar-refractivity contribution in [2.75, 3.05) is 23.3 Å². The SMILES string of the molecule is CCN(CC)c1ccc(N=Nc2sc(C(C)C)n[n+]2C)c(NC(C)=O)c1. The number of azo groups is 1. The van der Waals surface area contributed by atoms with E-state index in [1.807, 2.05) is 25.2 Å². The Morgan fingerprint density at radius 3 is 2.54 bits per heavy atom. The molecule has 7 nitrogen and oxygen atoms in total. The third kappa shape index (κ3) is 4.85. The fourth-order valence-electron chi connectivity index (χ4n) is 2.47. The number of carbonyl (C=O) groups is 1. The van der Waals surface area contributed by atoms with E-state index in [9.17, 15) is 4.79 Å². The number of aryl methyl sites for hydroxylation is 1. The molecule has 0 atom stereocenters. The van der Waals surface area contributed by atoms with E-state index in [4.69, 9.17) is 0 Å². The number of carbonyl (C=O) groups excluding carboxylic acids is 1. The Labute approximate surface area is 158 Å². The molecule has 0 aliphatic rings. The number of rotatable bonds is 7. The predicted molar refractivity (Wildman–Crippen MR) is 106 cm³/mol. The molecule has 0 bridgehead atoms. The highest BCUT2D eigenvalue weighted by atomic mass is 32.1. The van der Waals surface area contributed by atoms with Crippen molar-refractivity contribution in [3.8, 4) is 0 Å². The number of nitrogens with one attached hydrogen (secondary N) is 1. The van der Waals surface area contributed by atoms with Gasteiger partial charge in [-0.2, -0.15) is 0 Å². The van der Waals surface area contributed by atoms with Gasteiger partial charge in [0.2, 0.25) is 5.91 Å². The van der Waals surface area contributed by atoms with Gasteiger partial charge in [-0.15, -0.1) is 4.68 Å². The summed E-state index contributed by atoms with van der Waals surface area (Å²) in [6.07, 6.45) is 0. The number of hydrogen-bond acceptors (Lipinski definition) is 6. The summed E-state index contributed by atoms with van der Waals surface area (Å²) in [4.78, 5) is 13.8. The first-order valence-corrected chi connectivity index (χ1v) is 9.62. The van der Waals surface area contributed by atoms with E-state index in [0.29, 0.717) is 17.3 Å². The summed E-state index contributed by atoms with van der Waals surface area (Å²) in [5.41, 5.74) is 2.32.